The van der Waals surface area contributed by atoms with Crippen molar-refractivity contribution < 1.29 is 29.0 Å². The molecule has 10 heteroatoms. The number of para-hydroxylation sites is 1. The number of anilines is 1. The van der Waals surface area contributed by atoms with Crippen LogP contribution < -0.4 is 15.0 Å². The Balaban J connectivity index is 1.96. The van der Waals surface area contributed by atoms with Gasteiger partial charge in [-0.3, -0.25) is 14.9 Å². The van der Waals surface area contributed by atoms with Gasteiger partial charge in [0.15, 0.2) is 6.61 Å². The van der Waals surface area contributed by atoms with Gasteiger partial charge in [-0.15, -0.1) is 0 Å². The van der Waals surface area contributed by atoms with Gasteiger partial charge in [0.25, 0.3) is 11.8 Å². The fraction of sp³-hybridized carbons (Fsp3) is 0.0526. The zero-order chi connectivity index (χ0) is 21.1. The summed E-state index contributed by atoms with van der Waals surface area (Å²) in [6, 6.07) is 10.8. The van der Waals surface area contributed by atoms with E-state index in [1.165, 1.54) is 6.08 Å². The number of aliphatic carboxylic acids is 1. The molecule has 2 aromatic carbocycles. The van der Waals surface area contributed by atoms with Crippen molar-refractivity contribution in [3.8, 4) is 5.75 Å². The van der Waals surface area contributed by atoms with Crippen LogP contribution in [0.2, 0.25) is 0 Å². The second-order valence-electron chi connectivity index (χ2n) is 5.79. The second kappa shape index (κ2) is 8.90. The first kappa shape index (κ1) is 21.2. The van der Waals surface area contributed by atoms with Gasteiger partial charge >= 0.3 is 12.0 Å². The summed E-state index contributed by atoms with van der Waals surface area (Å²) < 4.78 is 6.50. The van der Waals surface area contributed by atoms with Gasteiger partial charge in [0.2, 0.25) is 0 Å². The fourth-order valence-corrected chi connectivity index (χ4v) is 4.70. The Labute approximate surface area is 192 Å². The summed E-state index contributed by atoms with van der Waals surface area (Å²) in [6.45, 7) is -0.485. The van der Waals surface area contributed by atoms with Gasteiger partial charge in [-0.2, -0.15) is 0 Å². The van der Waals surface area contributed by atoms with Crippen molar-refractivity contribution in [3.05, 3.63) is 60.7 Å². The van der Waals surface area contributed by atoms with Crippen molar-refractivity contribution in [2.24, 2.45) is 0 Å². The molecule has 2 N–H and O–H groups in total. The van der Waals surface area contributed by atoms with E-state index in [2.05, 4.69) is 5.32 Å². The Kier molecular flexibility index (Phi) is 6.52. The molecule has 0 saturated carbocycles. The molecule has 0 atom stereocenters. The van der Waals surface area contributed by atoms with Gasteiger partial charge in [-0.05, 0) is 81.1 Å². The number of carboxylic acids is 1. The van der Waals surface area contributed by atoms with E-state index in [1.807, 2.05) is 45.2 Å². The summed E-state index contributed by atoms with van der Waals surface area (Å²) in [7, 11) is 0. The Morgan fingerprint density at radius 2 is 1.72 bits per heavy atom. The molecule has 4 amide bonds. The number of carboxylic acid groups (broad SMARTS) is 1. The maximum absolute atomic E-state index is 12.8. The SMILES string of the molecule is O=C(O)COc1c(I)cc(/C=C2\C(=O)NC(=O)N(c3ccccc3)C2=O)cc1I. The molecule has 29 heavy (non-hydrogen) atoms. The monoisotopic (exact) mass is 618 g/mol. The number of nitrogens with one attached hydrogen (secondary N) is 1. The smallest absolute Gasteiger partial charge is 0.341 e. The maximum atomic E-state index is 12.8. The minimum Gasteiger partial charge on any atom is -0.480 e. The lowest BCUT2D eigenvalue weighted by Crippen LogP contribution is -2.54. The van der Waals surface area contributed by atoms with Crippen molar-refractivity contribution in [1.82, 2.24) is 5.32 Å². The minimum absolute atomic E-state index is 0.195. The number of nitrogens with zero attached hydrogens (tertiary/aromatic N) is 1. The third kappa shape index (κ3) is 4.75. The molecule has 0 aliphatic carbocycles. The average Bonchev–Trinajstić information content (AvgIpc) is 2.65. The summed E-state index contributed by atoms with van der Waals surface area (Å²) in [6.07, 6.45) is 1.38. The molecule has 8 nitrogen and oxygen atoms in total. The minimum atomic E-state index is -1.10. The van der Waals surface area contributed by atoms with Crippen molar-refractivity contribution in [2.45, 2.75) is 0 Å². The molecule has 0 unspecified atom stereocenters. The van der Waals surface area contributed by atoms with Crippen molar-refractivity contribution in [1.29, 1.82) is 0 Å². The maximum Gasteiger partial charge on any atom is 0.341 e. The number of barbiturate groups is 1. The van der Waals surface area contributed by atoms with Crippen LogP contribution in [0.1, 0.15) is 5.56 Å². The number of urea groups is 1. The number of halogens is 2. The Bertz CT molecular complexity index is 1030. The summed E-state index contributed by atoms with van der Waals surface area (Å²) in [5.74, 6) is -2.22. The number of benzene rings is 2. The molecular weight excluding hydrogens is 606 g/mol. The quantitative estimate of drug-likeness (QED) is 0.303. The van der Waals surface area contributed by atoms with E-state index in [9.17, 15) is 19.2 Å². The largest absolute Gasteiger partial charge is 0.480 e. The number of amides is 4. The normalized spacial score (nSPS) is 15.4. The van der Waals surface area contributed by atoms with E-state index in [4.69, 9.17) is 9.84 Å². The molecule has 1 fully saturated rings. The highest BCUT2D eigenvalue weighted by atomic mass is 127. The zero-order valence-corrected chi connectivity index (χ0v) is 18.8. The predicted molar refractivity (Wildman–Crippen MR) is 120 cm³/mol. The molecule has 148 valence electrons. The highest BCUT2D eigenvalue weighted by Crippen LogP contribution is 2.30. The number of carbonyl (C=O) groups excluding carboxylic acids is 3. The fourth-order valence-electron chi connectivity index (χ4n) is 2.57. The highest BCUT2D eigenvalue weighted by molar-refractivity contribution is 14.1. The van der Waals surface area contributed by atoms with Crippen LogP contribution >= 0.6 is 45.2 Å². The van der Waals surface area contributed by atoms with Crippen LogP contribution in [-0.4, -0.2) is 35.5 Å². The summed E-state index contributed by atoms with van der Waals surface area (Å²) >= 11 is 3.96. The van der Waals surface area contributed by atoms with Gasteiger partial charge in [0.05, 0.1) is 12.8 Å². The van der Waals surface area contributed by atoms with E-state index in [0.29, 0.717) is 24.1 Å². The van der Waals surface area contributed by atoms with Gasteiger partial charge in [0.1, 0.15) is 11.3 Å². The average molecular weight is 618 g/mol. The highest BCUT2D eigenvalue weighted by Gasteiger charge is 2.36. The Hall–Kier alpha value is -2.48. The third-order valence-electron chi connectivity index (χ3n) is 3.79. The van der Waals surface area contributed by atoms with Gasteiger partial charge in [-0.25, -0.2) is 14.5 Å². The summed E-state index contributed by atoms with van der Waals surface area (Å²) in [4.78, 5) is 48.9. The van der Waals surface area contributed by atoms with Crippen LogP contribution in [0.15, 0.2) is 48.0 Å². The third-order valence-corrected chi connectivity index (χ3v) is 5.39. The van der Waals surface area contributed by atoms with Gasteiger partial charge in [0, 0.05) is 0 Å². The first-order chi connectivity index (χ1) is 13.8. The lowest BCUT2D eigenvalue weighted by atomic mass is 10.1. The van der Waals surface area contributed by atoms with E-state index < -0.39 is 30.4 Å². The predicted octanol–water partition coefficient (Wildman–Crippen LogP) is 3.03. The zero-order valence-electron chi connectivity index (χ0n) is 14.5. The topological polar surface area (TPSA) is 113 Å². The lowest BCUT2D eigenvalue weighted by Gasteiger charge is -2.26. The van der Waals surface area contributed by atoms with Crippen molar-refractivity contribution in [2.75, 3.05) is 11.5 Å². The molecule has 0 aromatic heterocycles. The van der Waals surface area contributed by atoms with Gasteiger partial charge < -0.3 is 9.84 Å². The number of rotatable bonds is 5. The van der Waals surface area contributed by atoms with Crippen LogP contribution in [0.4, 0.5) is 10.5 Å². The number of imide groups is 2. The molecule has 0 bridgehead atoms. The van der Waals surface area contributed by atoms with Crippen molar-refractivity contribution >= 4 is 80.8 Å². The number of ether oxygens (including phenoxy) is 1. The van der Waals surface area contributed by atoms with Crippen LogP contribution in [0, 0.1) is 7.14 Å². The van der Waals surface area contributed by atoms with E-state index in [1.54, 1.807) is 42.5 Å². The Morgan fingerprint density at radius 3 is 2.31 bits per heavy atom. The van der Waals surface area contributed by atoms with Crippen LogP contribution in [0.5, 0.6) is 5.75 Å². The molecule has 1 saturated heterocycles. The second-order valence-corrected chi connectivity index (χ2v) is 8.11. The number of hydrogen-bond acceptors (Lipinski definition) is 5. The molecule has 1 aliphatic rings. The number of hydrogen-bond donors (Lipinski definition) is 2. The molecule has 0 radical (unpaired) electrons. The summed E-state index contributed by atoms with van der Waals surface area (Å²) in [5, 5.41) is 10.9. The molecule has 0 spiro atoms. The standard InChI is InChI=1S/C19H12I2N2O6/c20-13-7-10(8-14(21)16(13)29-9-15(24)25)6-12-17(26)22-19(28)23(18(12)27)11-4-2-1-3-5-11/h1-8H,9H2,(H,24,25)(H,22,26,28)/b12-6+. The van der Waals surface area contributed by atoms with Crippen LogP contribution in [0.3, 0.4) is 0 Å². The molecule has 2 aromatic rings. The molecule has 3 rings (SSSR count). The number of carbonyl (C=O) groups is 4. The first-order valence-electron chi connectivity index (χ1n) is 8.08. The molecule has 1 aliphatic heterocycles. The lowest BCUT2D eigenvalue weighted by molar-refractivity contribution is -0.139. The van der Waals surface area contributed by atoms with E-state index >= 15 is 0 Å². The molecular formula is C19H12I2N2O6. The summed E-state index contributed by atoms with van der Waals surface area (Å²) in [5.41, 5.74) is 0.677. The van der Waals surface area contributed by atoms with Crippen LogP contribution in [0.25, 0.3) is 6.08 Å². The van der Waals surface area contributed by atoms with E-state index in [-0.39, 0.29) is 5.57 Å². The van der Waals surface area contributed by atoms with Gasteiger partial charge in [-0.1, -0.05) is 18.2 Å². The van der Waals surface area contributed by atoms with Crippen LogP contribution in [-0.2, 0) is 14.4 Å². The first-order valence-corrected chi connectivity index (χ1v) is 10.2. The Morgan fingerprint density at radius 1 is 1.10 bits per heavy atom. The van der Waals surface area contributed by atoms with Crippen molar-refractivity contribution in [3.63, 3.8) is 0 Å². The van der Waals surface area contributed by atoms with E-state index in [0.717, 1.165) is 4.90 Å². The molecule has 1 heterocycles.